The van der Waals surface area contributed by atoms with Crippen LogP contribution in [0.3, 0.4) is 0 Å². The molecule has 1 aliphatic heterocycles. The van der Waals surface area contributed by atoms with Crippen molar-refractivity contribution in [2.75, 3.05) is 24.5 Å². The number of aromatic nitrogens is 1. The number of hydrogen-bond donors (Lipinski definition) is 3. The predicted octanol–water partition coefficient (Wildman–Crippen LogP) is 1.97. The fourth-order valence-corrected chi connectivity index (χ4v) is 2.98. The number of hydrazone groups is 1. The minimum absolute atomic E-state index is 0.609. The largest absolute Gasteiger partial charge is 0.361 e. The number of benzene rings is 1. The number of fused-ring (bicyclic) bond motifs is 1. The number of hydrogen-bond acceptors (Lipinski definition) is 3. The third-order valence-electron chi connectivity index (χ3n) is 4.08. The van der Waals surface area contributed by atoms with E-state index in [-0.39, 0.29) is 0 Å². The van der Waals surface area contributed by atoms with Crippen LogP contribution in [0, 0.1) is 0 Å². The standard InChI is InChI=1S/C15H21N5/c1-2-20(10-19-16)12-3-4-15-13(7-12)14(9-18-15)11-5-6-17-8-11/h3-4,7,9-11,17-18H,2,5-6,8,16H2,1H3/b19-10-. The quantitative estimate of drug-likeness (QED) is 0.345. The highest BCUT2D eigenvalue weighted by Gasteiger charge is 2.20. The van der Waals surface area contributed by atoms with Crippen molar-refractivity contribution in [3.05, 3.63) is 30.0 Å². The Bertz CT molecular complexity index is 610. The zero-order valence-electron chi connectivity index (χ0n) is 11.8. The molecular formula is C15H21N5. The molecular weight excluding hydrogens is 250 g/mol. The third-order valence-corrected chi connectivity index (χ3v) is 4.08. The molecule has 2 heterocycles. The van der Waals surface area contributed by atoms with E-state index in [1.807, 2.05) is 4.90 Å². The summed E-state index contributed by atoms with van der Waals surface area (Å²) >= 11 is 0. The lowest BCUT2D eigenvalue weighted by molar-refractivity contribution is 0.769. The van der Waals surface area contributed by atoms with E-state index in [1.165, 1.54) is 22.9 Å². The molecule has 0 saturated carbocycles. The van der Waals surface area contributed by atoms with Crippen molar-refractivity contribution in [3.63, 3.8) is 0 Å². The first-order valence-electron chi connectivity index (χ1n) is 7.15. The maximum Gasteiger partial charge on any atom is 0.115 e. The van der Waals surface area contributed by atoms with Crippen LogP contribution in [0.1, 0.15) is 24.8 Å². The second-order valence-electron chi connectivity index (χ2n) is 5.21. The summed E-state index contributed by atoms with van der Waals surface area (Å²) in [6.07, 6.45) is 5.03. The highest BCUT2D eigenvalue weighted by Crippen LogP contribution is 2.31. The van der Waals surface area contributed by atoms with Gasteiger partial charge in [0, 0.05) is 35.9 Å². The lowest BCUT2D eigenvalue weighted by Gasteiger charge is -2.17. The number of rotatable bonds is 4. The molecule has 1 atom stereocenters. The smallest absolute Gasteiger partial charge is 0.115 e. The monoisotopic (exact) mass is 271 g/mol. The van der Waals surface area contributed by atoms with E-state index in [0.717, 1.165) is 25.3 Å². The maximum atomic E-state index is 5.28. The van der Waals surface area contributed by atoms with Crippen LogP contribution >= 0.6 is 0 Å². The minimum atomic E-state index is 0.609. The summed E-state index contributed by atoms with van der Waals surface area (Å²) in [5.41, 5.74) is 3.73. The first-order valence-corrected chi connectivity index (χ1v) is 7.15. The molecule has 1 aromatic heterocycles. The van der Waals surface area contributed by atoms with Crippen molar-refractivity contribution in [2.45, 2.75) is 19.3 Å². The molecule has 1 fully saturated rings. The van der Waals surface area contributed by atoms with Gasteiger partial charge in [-0.3, -0.25) is 0 Å². The first kappa shape index (κ1) is 13.0. The highest BCUT2D eigenvalue weighted by molar-refractivity contribution is 5.90. The third kappa shape index (κ3) is 2.25. The van der Waals surface area contributed by atoms with Gasteiger partial charge in [-0.25, -0.2) is 0 Å². The number of H-pyrrole nitrogens is 1. The van der Waals surface area contributed by atoms with Crippen LogP contribution in [0.15, 0.2) is 29.5 Å². The molecule has 5 nitrogen and oxygen atoms in total. The molecule has 1 aromatic carbocycles. The number of anilines is 1. The Labute approximate surface area is 118 Å². The van der Waals surface area contributed by atoms with Gasteiger partial charge < -0.3 is 21.0 Å². The SMILES string of the molecule is CCN(/C=N\N)c1ccc2[nH]cc(C3CCNC3)c2c1. The summed E-state index contributed by atoms with van der Waals surface area (Å²) in [5, 5.41) is 8.37. The molecule has 2 aromatic rings. The lowest BCUT2D eigenvalue weighted by Crippen LogP contribution is -2.21. The van der Waals surface area contributed by atoms with Crippen LogP contribution < -0.4 is 16.1 Å². The van der Waals surface area contributed by atoms with Crippen molar-refractivity contribution < 1.29 is 0 Å². The molecule has 0 radical (unpaired) electrons. The van der Waals surface area contributed by atoms with Gasteiger partial charge in [-0.15, -0.1) is 0 Å². The molecule has 5 heteroatoms. The number of nitrogens with two attached hydrogens (primary N) is 1. The topological polar surface area (TPSA) is 69.4 Å². The van der Waals surface area contributed by atoms with E-state index < -0.39 is 0 Å². The zero-order valence-corrected chi connectivity index (χ0v) is 11.8. The van der Waals surface area contributed by atoms with Crippen LogP contribution in [0.25, 0.3) is 10.9 Å². The van der Waals surface area contributed by atoms with Crippen LogP contribution in [-0.4, -0.2) is 31.0 Å². The molecule has 1 saturated heterocycles. The first-order chi connectivity index (χ1) is 9.83. The van der Waals surface area contributed by atoms with Gasteiger partial charge in [0.05, 0.1) is 0 Å². The number of nitrogens with zero attached hydrogens (tertiary/aromatic N) is 2. The van der Waals surface area contributed by atoms with Crippen LogP contribution in [-0.2, 0) is 0 Å². The van der Waals surface area contributed by atoms with Crippen molar-refractivity contribution >= 4 is 22.9 Å². The molecule has 3 rings (SSSR count). The second-order valence-corrected chi connectivity index (χ2v) is 5.21. The van der Waals surface area contributed by atoms with Crippen molar-refractivity contribution in [1.82, 2.24) is 10.3 Å². The van der Waals surface area contributed by atoms with Crippen molar-refractivity contribution in [2.24, 2.45) is 10.9 Å². The fraction of sp³-hybridized carbons (Fsp3) is 0.400. The molecule has 1 aliphatic rings. The van der Waals surface area contributed by atoms with Crippen LogP contribution in [0.2, 0.25) is 0 Å². The highest BCUT2D eigenvalue weighted by atomic mass is 15.2. The molecule has 0 bridgehead atoms. The normalized spacial score (nSPS) is 19.1. The summed E-state index contributed by atoms with van der Waals surface area (Å²) in [6, 6.07) is 6.45. The molecule has 0 amide bonds. The fourth-order valence-electron chi connectivity index (χ4n) is 2.98. The number of nitrogens with one attached hydrogen (secondary N) is 2. The average Bonchev–Trinajstić information content (AvgIpc) is 3.12. The van der Waals surface area contributed by atoms with Crippen molar-refractivity contribution in [1.29, 1.82) is 0 Å². The Morgan fingerprint density at radius 1 is 1.50 bits per heavy atom. The molecule has 4 N–H and O–H groups in total. The minimum Gasteiger partial charge on any atom is -0.361 e. The van der Waals surface area contributed by atoms with Gasteiger partial charge in [-0.05, 0) is 49.6 Å². The second kappa shape index (κ2) is 5.54. The van der Waals surface area contributed by atoms with Gasteiger partial charge in [0.2, 0.25) is 0 Å². The van der Waals surface area contributed by atoms with Gasteiger partial charge in [0.15, 0.2) is 0 Å². The van der Waals surface area contributed by atoms with Gasteiger partial charge in [-0.2, -0.15) is 5.10 Å². The van der Waals surface area contributed by atoms with Gasteiger partial charge in [-0.1, -0.05) is 0 Å². The summed E-state index contributed by atoms with van der Waals surface area (Å²) in [7, 11) is 0. The predicted molar refractivity (Wildman–Crippen MR) is 84.2 cm³/mol. The van der Waals surface area contributed by atoms with Gasteiger partial charge in [0.1, 0.15) is 6.34 Å². The zero-order chi connectivity index (χ0) is 13.9. The Balaban J connectivity index is 2.02. The molecule has 20 heavy (non-hydrogen) atoms. The summed E-state index contributed by atoms with van der Waals surface area (Å²) in [5.74, 6) is 5.89. The molecule has 0 aliphatic carbocycles. The molecule has 0 spiro atoms. The van der Waals surface area contributed by atoms with Gasteiger partial charge in [0.25, 0.3) is 0 Å². The molecule has 1 unspecified atom stereocenters. The Kier molecular flexibility index (Phi) is 3.60. The summed E-state index contributed by atoms with van der Waals surface area (Å²) in [6.45, 7) is 5.11. The summed E-state index contributed by atoms with van der Waals surface area (Å²) in [4.78, 5) is 5.42. The van der Waals surface area contributed by atoms with Crippen LogP contribution in [0.5, 0.6) is 0 Å². The van der Waals surface area contributed by atoms with Gasteiger partial charge >= 0.3 is 0 Å². The lowest BCUT2D eigenvalue weighted by atomic mass is 9.97. The van der Waals surface area contributed by atoms with E-state index >= 15 is 0 Å². The summed E-state index contributed by atoms with van der Waals surface area (Å²) < 4.78 is 0. The van der Waals surface area contributed by atoms with E-state index in [2.05, 4.69) is 46.7 Å². The Morgan fingerprint density at radius 2 is 2.40 bits per heavy atom. The van der Waals surface area contributed by atoms with E-state index in [9.17, 15) is 0 Å². The van der Waals surface area contributed by atoms with Crippen LogP contribution in [0.4, 0.5) is 5.69 Å². The Hall–Kier alpha value is -2.01. The van der Waals surface area contributed by atoms with E-state index in [0.29, 0.717) is 5.92 Å². The van der Waals surface area contributed by atoms with E-state index in [1.54, 1.807) is 6.34 Å². The van der Waals surface area contributed by atoms with E-state index in [4.69, 9.17) is 5.84 Å². The maximum absolute atomic E-state index is 5.28. The number of aromatic amines is 1. The Morgan fingerprint density at radius 3 is 3.10 bits per heavy atom. The average molecular weight is 271 g/mol. The van der Waals surface area contributed by atoms with Crippen molar-refractivity contribution in [3.8, 4) is 0 Å². The molecule has 106 valence electrons.